The molecule has 0 aliphatic heterocycles. The van der Waals surface area contributed by atoms with Crippen LogP contribution in [-0.2, 0) is 19.8 Å². The van der Waals surface area contributed by atoms with Crippen LogP contribution in [0.1, 0.15) is 21.8 Å². The lowest BCUT2D eigenvalue weighted by Gasteiger charge is -2.10. The summed E-state index contributed by atoms with van der Waals surface area (Å²) in [6.45, 7) is 0.123. The second-order valence-electron chi connectivity index (χ2n) is 5.98. The van der Waals surface area contributed by atoms with Crippen LogP contribution in [-0.4, -0.2) is 21.7 Å². The Balaban J connectivity index is 1.67. The van der Waals surface area contributed by atoms with Gasteiger partial charge in [0.25, 0.3) is 5.91 Å². The van der Waals surface area contributed by atoms with E-state index < -0.39 is 23.7 Å². The highest BCUT2D eigenvalue weighted by atomic mass is 19.4. The number of furan rings is 1. The largest absolute Gasteiger partial charge is 0.467 e. The normalized spacial score (nSPS) is 11.2. The van der Waals surface area contributed by atoms with Gasteiger partial charge in [-0.1, -0.05) is 6.07 Å². The zero-order valence-electron chi connectivity index (χ0n) is 15.1. The predicted octanol–water partition coefficient (Wildman–Crippen LogP) is 3.61. The van der Waals surface area contributed by atoms with Gasteiger partial charge in [-0.3, -0.25) is 9.48 Å². The van der Waals surface area contributed by atoms with Gasteiger partial charge in [0.2, 0.25) is 0 Å². The number of anilines is 2. The third kappa shape index (κ3) is 5.15. The number of carbonyl (C=O) groups is 2. The maximum Gasteiger partial charge on any atom is 0.416 e. The Hall–Kier alpha value is -3.76. The van der Waals surface area contributed by atoms with E-state index in [0.29, 0.717) is 5.76 Å². The number of rotatable bonds is 5. The number of carbonyl (C=O) groups excluding carboxylic acids is 2. The lowest BCUT2D eigenvalue weighted by molar-refractivity contribution is -0.137. The maximum absolute atomic E-state index is 12.8. The zero-order chi connectivity index (χ0) is 21.0. The standard InChI is InChI=1S/C18H16F3N5O3/c1-26-10-14(15(25-26)16(27)22-9-13-6-3-7-29-13)24-17(28)23-12-5-2-4-11(8-12)18(19,20)21/h2-8,10H,9H2,1H3,(H,22,27)(H2,23,24,28). The summed E-state index contributed by atoms with van der Waals surface area (Å²) in [6.07, 6.45) is -1.67. The van der Waals surface area contributed by atoms with Gasteiger partial charge in [0.05, 0.1) is 24.1 Å². The van der Waals surface area contributed by atoms with Gasteiger partial charge in [0, 0.05) is 18.9 Å². The highest BCUT2D eigenvalue weighted by Gasteiger charge is 2.30. The first kappa shape index (κ1) is 20.0. The van der Waals surface area contributed by atoms with E-state index in [2.05, 4.69) is 21.0 Å². The first-order chi connectivity index (χ1) is 13.7. The van der Waals surface area contributed by atoms with Crippen molar-refractivity contribution in [3.63, 3.8) is 0 Å². The number of alkyl halides is 3. The monoisotopic (exact) mass is 407 g/mol. The molecule has 2 aromatic heterocycles. The van der Waals surface area contributed by atoms with Crippen LogP contribution in [0.25, 0.3) is 0 Å². The number of urea groups is 1. The number of nitrogens with one attached hydrogen (secondary N) is 3. The molecule has 11 heteroatoms. The molecule has 0 atom stereocenters. The average molecular weight is 407 g/mol. The molecule has 0 unspecified atom stereocenters. The number of amides is 3. The lowest BCUT2D eigenvalue weighted by Crippen LogP contribution is -2.26. The molecular formula is C18H16F3N5O3. The molecule has 3 rings (SSSR count). The topological polar surface area (TPSA) is 101 Å². The Morgan fingerprint density at radius 2 is 1.97 bits per heavy atom. The lowest BCUT2D eigenvalue weighted by atomic mass is 10.2. The molecule has 0 aliphatic carbocycles. The fourth-order valence-corrected chi connectivity index (χ4v) is 2.47. The fraction of sp³-hybridized carbons (Fsp3) is 0.167. The van der Waals surface area contributed by atoms with E-state index in [1.165, 1.54) is 29.3 Å². The van der Waals surface area contributed by atoms with Crippen molar-refractivity contribution in [1.82, 2.24) is 15.1 Å². The van der Waals surface area contributed by atoms with Gasteiger partial charge < -0.3 is 20.4 Å². The molecule has 2 heterocycles. The van der Waals surface area contributed by atoms with Gasteiger partial charge in [0.15, 0.2) is 5.69 Å². The van der Waals surface area contributed by atoms with Crippen LogP contribution >= 0.6 is 0 Å². The molecule has 3 amide bonds. The maximum atomic E-state index is 12.8. The molecule has 0 radical (unpaired) electrons. The summed E-state index contributed by atoms with van der Waals surface area (Å²) in [6, 6.07) is 6.72. The molecule has 29 heavy (non-hydrogen) atoms. The van der Waals surface area contributed by atoms with Crippen LogP contribution in [0.3, 0.4) is 0 Å². The molecule has 0 aliphatic rings. The Kier molecular flexibility index (Phi) is 5.57. The van der Waals surface area contributed by atoms with Crippen molar-refractivity contribution in [2.75, 3.05) is 10.6 Å². The fourth-order valence-electron chi connectivity index (χ4n) is 2.47. The van der Waals surface area contributed by atoms with E-state index in [4.69, 9.17) is 4.42 Å². The van der Waals surface area contributed by atoms with Crippen LogP contribution in [0.2, 0.25) is 0 Å². The minimum absolute atomic E-state index is 0.0509. The van der Waals surface area contributed by atoms with Crippen molar-refractivity contribution in [3.05, 3.63) is 65.9 Å². The summed E-state index contributed by atoms with van der Waals surface area (Å²) in [5.41, 5.74) is -0.910. The molecule has 152 valence electrons. The number of halogens is 3. The third-order valence-electron chi connectivity index (χ3n) is 3.74. The van der Waals surface area contributed by atoms with Crippen LogP contribution < -0.4 is 16.0 Å². The SMILES string of the molecule is Cn1cc(NC(=O)Nc2cccc(C(F)(F)F)c2)c(C(=O)NCc2ccco2)n1. The number of nitrogens with zero attached hydrogens (tertiary/aromatic N) is 2. The second kappa shape index (κ2) is 8.09. The summed E-state index contributed by atoms with van der Waals surface area (Å²) >= 11 is 0. The summed E-state index contributed by atoms with van der Waals surface area (Å²) in [4.78, 5) is 24.5. The van der Waals surface area contributed by atoms with Crippen LogP contribution in [0.4, 0.5) is 29.3 Å². The highest BCUT2D eigenvalue weighted by molar-refractivity contribution is 6.05. The molecule has 0 saturated carbocycles. The van der Waals surface area contributed by atoms with E-state index in [1.54, 1.807) is 19.2 Å². The van der Waals surface area contributed by atoms with Gasteiger partial charge in [0.1, 0.15) is 5.76 Å². The zero-order valence-corrected chi connectivity index (χ0v) is 15.1. The molecular weight excluding hydrogens is 391 g/mol. The molecule has 3 aromatic rings. The smallest absolute Gasteiger partial charge is 0.416 e. The predicted molar refractivity (Wildman–Crippen MR) is 97.2 cm³/mol. The Labute approximate surface area is 162 Å². The van der Waals surface area contributed by atoms with Crippen molar-refractivity contribution in [2.45, 2.75) is 12.7 Å². The Bertz CT molecular complexity index is 1010. The second-order valence-corrected chi connectivity index (χ2v) is 5.98. The number of aromatic nitrogens is 2. The number of benzene rings is 1. The van der Waals surface area contributed by atoms with Gasteiger partial charge in [-0.15, -0.1) is 0 Å². The van der Waals surface area contributed by atoms with Crippen molar-refractivity contribution >= 4 is 23.3 Å². The molecule has 3 N–H and O–H groups in total. The van der Waals surface area contributed by atoms with Gasteiger partial charge >= 0.3 is 12.2 Å². The Morgan fingerprint density at radius 3 is 2.66 bits per heavy atom. The van der Waals surface area contributed by atoms with Gasteiger partial charge in [-0.2, -0.15) is 18.3 Å². The summed E-state index contributed by atoms with van der Waals surface area (Å²) in [7, 11) is 1.55. The quantitative estimate of drug-likeness (QED) is 0.601. The summed E-state index contributed by atoms with van der Waals surface area (Å²) < 4.78 is 44.8. The first-order valence-electron chi connectivity index (χ1n) is 8.32. The first-order valence-corrected chi connectivity index (χ1v) is 8.32. The number of hydrogen-bond acceptors (Lipinski definition) is 4. The summed E-state index contributed by atoms with van der Waals surface area (Å²) in [5, 5.41) is 11.3. The molecule has 8 nitrogen and oxygen atoms in total. The number of hydrogen-bond donors (Lipinski definition) is 3. The van der Waals surface area contributed by atoms with Crippen molar-refractivity contribution in [2.24, 2.45) is 7.05 Å². The van der Waals surface area contributed by atoms with E-state index in [1.807, 2.05) is 0 Å². The number of aryl methyl sites for hydroxylation is 1. The average Bonchev–Trinajstić information content (AvgIpc) is 3.28. The molecule has 0 bridgehead atoms. The van der Waals surface area contributed by atoms with E-state index in [9.17, 15) is 22.8 Å². The summed E-state index contributed by atoms with van der Waals surface area (Å²) in [5.74, 6) is -0.0255. The highest BCUT2D eigenvalue weighted by Crippen LogP contribution is 2.30. The third-order valence-corrected chi connectivity index (χ3v) is 3.74. The molecule has 1 aromatic carbocycles. The Morgan fingerprint density at radius 1 is 1.17 bits per heavy atom. The molecule has 0 spiro atoms. The minimum Gasteiger partial charge on any atom is -0.467 e. The van der Waals surface area contributed by atoms with Gasteiger partial charge in [-0.05, 0) is 30.3 Å². The molecule has 0 saturated heterocycles. The van der Waals surface area contributed by atoms with Gasteiger partial charge in [-0.25, -0.2) is 4.79 Å². The van der Waals surface area contributed by atoms with Crippen LogP contribution in [0.5, 0.6) is 0 Å². The van der Waals surface area contributed by atoms with Crippen molar-refractivity contribution in [3.8, 4) is 0 Å². The minimum atomic E-state index is -4.53. The van der Waals surface area contributed by atoms with Crippen molar-refractivity contribution < 1.29 is 27.2 Å². The van der Waals surface area contributed by atoms with Crippen LogP contribution in [0.15, 0.2) is 53.3 Å². The van der Waals surface area contributed by atoms with E-state index >= 15 is 0 Å². The van der Waals surface area contributed by atoms with E-state index in [0.717, 1.165) is 12.1 Å². The van der Waals surface area contributed by atoms with Crippen molar-refractivity contribution in [1.29, 1.82) is 0 Å². The molecule has 0 fully saturated rings. The van der Waals surface area contributed by atoms with Crippen LogP contribution in [0, 0.1) is 0 Å². The van der Waals surface area contributed by atoms with E-state index in [-0.39, 0.29) is 23.6 Å².